The molecular formula is C9H13N3O2. The lowest BCUT2D eigenvalue weighted by Crippen LogP contribution is -2.12. The van der Waals surface area contributed by atoms with E-state index < -0.39 is 5.97 Å². The van der Waals surface area contributed by atoms with Gasteiger partial charge in [-0.25, -0.2) is 0 Å². The Bertz CT molecular complexity index is 329. The Kier molecular flexibility index (Phi) is 2.47. The van der Waals surface area contributed by atoms with E-state index in [1.165, 1.54) is 12.8 Å². The van der Waals surface area contributed by atoms with Gasteiger partial charge in [0.15, 0.2) is 0 Å². The van der Waals surface area contributed by atoms with E-state index in [0.29, 0.717) is 11.9 Å². The van der Waals surface area contributed by atoms with E-state index in [-0.39, 0.29) is 6.42 Å². The van der Waals surface area contributed by atoms with Crippen LogP contribution < -0.4 is 0 Å². The van der Waals surface area contributed by atoms with E-state index in [4.69, 9.17) is 5.11 Å². The number of nitrogens with zero attached hydrogens (tertiary/aromatic N) is 3. The van der Waals surface area contributed by atoms with E-state index in [2.05, 4.69) is 10.2 Å². The number of rotatable bonds is 3. The molecule has 5 nitrogen and oxygen atoms in total. The molecule has 2 rings (SSSR count). The zero-order chi connectivity index (χ0) is 9.97. The SMILES string of the molecule is O=C(O)Cc1nncn1C1CCCC1. The smallest absolute Gasteiger partial charge is 0.311 e. The summed E-state index contributed by atoms with van der Waals surface area (Å²) in [5.74, 6) is -0.276. The maximum absolute atomic E-state index is 10.6. The van der Waals surface area contributed by atoms with Crippen molar-refractivity contribution in [3.8, 4) is 0 Å². The minimum Gasteiger partial charge on any atom is -0.481 e. The van der Waals surface area contributed by atoms with Crippen molar-refractivity contribution in [2.75, 3.05) is 0 Å². The van der Waals surface area contributed by atoms with E-state index in [0.717, 1.165) is 12.8 Å². The van der Waals surface area contributed by atoms with Crippen LogP contribution in [0, 0.1) is 0 Å². The molecule has 0 aromatic carbocycles. The monoisotopic (exact) mass is 195 g/mol. The highest BCUT2D eigenvalue weighted by molar-refractivity contribution is 5.68. The summed E-state index contributed by atoms with van der Waals surface area (Å²) < 4.78 is 1.92. The molecule has 0 radical (unpaired) electrons. The third-order valence-corrected chi connectivity index (χ3v) is 2.67. The molecule has 0 aliphatic heterocycles. The normalized spacial score (nSPS) is 17.4. The van der Waals surface area contributed by atoms with Crippen LogP contribution in [0.4, 0.5) is 0 Å². The summed E-state index contributed by atoms with van der Waals surface area (Å²) in [5, 5.41) is 16.3. The van der Waals surface area contributed by atoms with Gasteiger partial charge in [0, 0.05) is 6.04 Å². The van der Waals surface area contributed by atoms with Gasteiger partial charge >= 0.3 is 5.97 Å². The van der Waals surface area contributed by atoms with Gasteiger partial charge in [-0.3, -0.25) is 4.79 Å². The summed E-state index contributed by atoms with van der Waals surface area (Å²) in [6.07, 6.45) is 6.28. The minimum atomic E-state index is -0.850. The van der Waals surface area contributed by atoms with Gasteiger partial charge in [0.25, 0.3) is 0 Å². The Balaban J connectivity index is 2.15. The van der Waals surface area contributed by atoms with Crippen LogP contribution in [-0.2, 0) is 11.2 Å². The van der Waals surface area contributed by atoms with Gasteiger partial charge in [0.05, 0.1) is 0 Å². The van der Waals surface area contributed by atoms with Crippen molar-refractivity contribution in [2.24, 2.45) is 0 Å². The molecule has 0 spiro atoms. The van der Waals surface area contributed by atoms with Gasteiger partial charge in [-0.05, 0) is 12.8 Å². The number of hydrogen-bond acceptors (Lipinski definition) is 3. The van der Waals surface area contributed by atoms with Crippen LogP contribution >= 0.6 is 0 Å². The van der Waals surface area contributed by atoms with Crippen molar-refractivity contribution < 1.29 is 9.90 Å². The fourth-order valence-electron chi connectivity index (χ4n) is 2.02. The molecule has 1 aliphatic carbocycles. The standard InChI is InChI=1S/C9H13N3O2/c13-9(14)5-8-11-10-6-12(8)7-3-1-2-4-7/h6-7H,1-5H2,(H,13,14). The average molecular weight is 195 g/mol. The Hall–Kier alpha value is -1.39. The van der Waals surface area contributed by atoms with Crippen LogP contribution in [0.2, 0.25) is 0 Å². The molecular weight excluding hydrogens is 182 g/mol. The fraction of sp³-hybridized carbons (Fsp3) is 0.667. The predicted octanol–water partition coefficient (Wildman–Crippen LogP) is 1.02. The van der Waals surface area contributed by atoms with Crippen LogP contribution in [-0.4, -0.2) is 25.8 Å². The predicted molar refractivity (Wildman–Crippen MR) is 48.9 cm³/mol. The molecule has 0 amide bonds. The quantitative estimate of drug-likeness (QED) is 0.781. The molecule has 0 saturated heterocycles. The molecule has 0 atom stereocenters. The van der Waals surface area contributed by atoms with Gasteiger partial charge < -0.3 is 9.67 Å². The lowest BCUT2D eigenvalue weighted by atomic mass is 10.2. The van der Waals surface area contributed by atoms with E-state index in [9.17, 15) is 4.79 Å². The summed E-state index contributed by atoms with van der Waals surface area (Å²) in [6, 6.07) is 0.416. The average Bonchev–Trinajstić information content (AvgIpc) is 2.70. The van der Waals surface area contributed by atoms with Gasteiger partial charge in [0.1, 0.15) is 18.6 Å². The Morgan fingerprint density at radius 3 is 2.93 bits per heavy atom. The molecule has 1 heterocycles. The number of carboxylic acids is 1. The Labute approximate surface area is 81.8 Å². The zero-order valence-electron chi connectivity index (χ0n) is 7.89. The van der Waals surface area contributed by atoms with Crippen molar-refractivity contribution in [2.45, 2.75) is 38.1 Å². The first-order chi connectivity index (χ1) is 6.77. The third-order valence-electron chi connectivity index (χ3n) is 2.67. The maximum atomic E-state index is 10.6. The number of hydrogen-bond donors (Lipinski definition) is 1. The molecule has 1 fully saturated rings. The maximum Gasteiger partial charge on any atom is 0.311 e. The molecule has 0 unspecified atom stereocenters. The summed E-state index contributed by atoms with van der Waals surface area (Å²) in [4.78, 5) is 10.6. The lowest BCUT2D eigenvalue weighted by molar-refractivity contribution is -0.136. The molecule has 1 aromatic rings. The summed E-state index contributed by atoms with van der Waals surface area (Å²) in [6.45, 7) is 0. The first-order valence-electron chi connectivity index (χ1n) is 4.87. The molecule has 14 heavy (non-hydrogen) atoms. The summed E-state index contributed by atoms with van der Waals surface area (Å²) >= 11 is 0. The molecule has 1 N–H and O–H groups in total. The van der Waals surface area contributed by atoms with Crippen LogP contribution in [0.5, 0.6) is 0 Å². The summed E-state index contributed by atoms with van der Waals surface area (Å²) in [7, 11) is 0. The van der Waals surface area contributed by atoms with E-state index in [1.807, 2.05) is 4.57 Å². The second-order valence-electron chi connectivity index (χ2n) is 3.66. The van der Waals surface area contributed by atoms with Crippen LogP contribution in [0.25, 0.3) is 0 Å². The largest absolute Gasteiger partial charge is 0.481 e. The number of aromatic nitrogens is 3. The molecule has 1 aliphatic rings. The van der Waals surface area contributed by atoms with Crippen molar-refractivity contribution in [1.29, 1.82) is 0 Å². The highest BCUT2D eigenvalue weighted by Gasteiger charge is 2.20. The van der Waals surface area contributed by atoms with E-state index in [1.54, 1.807) is 6.33 Å². The fourth-order valence-corrected chi connectivity index (χ4v) is 2.02. The Morgan fingerprint density at radius 1 is 1.57 bits per heavy atom. The minimum absolute atomic E-state index is 0.0313. The number of aliphatic carboxylic acids is 1. The molecule has 1 aromatic heterocycles. The third kappa shape index (κ3) is 1.76. The Morgan fingerprint density at radius 2 is 2.29 bits per heavy atom. The van der Waals surface area contributed by atoms with Crippen molar-refractivity contribution in [3.63, 3.8) is 0 Å². The molecule has 76 valence electrons. The van der Waals surface area contributed by atoms with Crippen LogP contribution in [0.3, 0.4) is 0 Å². The highest BCUT2D eigenvalue weighted by atomic mass is 16.4. The van der Waals surface area contributed by atoms with Gasteiger partial charge in [-0.2, -0.15) is 0 Å². The first-order valence-corrected chi connectivity index (χ1v) is 4.87. The number of carboxylic acid groups (broad SMARTS) is 1. The van der Waals surface area contributed by atoms with Gasteiger partial charge in [0.2, 0.25) is 0 Å². The second-order valence-corrected chi connectivity index (χ2v) is 3.66. The van der Waals surface area contributed by atoms with Crippen molar-refractivity contribution >= 4 is 5.97 Å². The lowest BCUT2D eigenvalue weighted by Gasteiger charge is -2.12. The van der Waals surface area contributed by atoms with Gasteiger partial charge in [-0.1, -0.05) is 12.8 Å². The molecule has 5 heteroatoms. The van der Waals surface area contributed by atoms with Gasteiger partial charge in [-0.15, -0.1) is 10.2 Å². The van der Waals surface area contributed by atoms with Crippen molar-refractivity contribution in [1.82, 2.24) is 14.8 Å². The van der Waals surface area contributed by atoms with Crippen LogP contribution in [0.15, 0.2) is 6.33 Å². The summed E-state index contributed by atoms with van der Waals surface area (Å²) in [5.41, 5.74) is 0. The number of carbonyl (C=O) groups is 1. The van der Waals surface area contributed by atoms with E-state index >= 15 is 0 Å². The van der Waals surface area contributed by atoms with Crippen LogP contribution in [0.1, 0.15) is 37.5 Å². The van der Waals surface area contributed by atoms with Crippen molar-refractivity contribution in [3.05, 3.63) is 12.2 Å². The molecule has 0 bridgehead atoms. The highest BCUT2D eigenvalue weighted by Crippen LogP contribution is 2.29. The molecule has 1 saturated carbocycles. The first kappa shape index (κ1) is 9.18. The second kappa shape index (κ2) is 3.77. The zero-order valence-corrected chi connectivity index (χ0v) is 7.89. The topological polar surface area (TPSA) is 68.0 Å².